The molecule has 0 saturated carbocycles. The maximum absolute atomic E-state index is 9.00. The third kappa shape index (κ3) is 17.6. The van der Waals surface area contributed by atoms with Crippen LogP contribution in [0.4, 0.5) is 0 Å². The first-order valence-electron chi connectivity index (χ1n) is 35.8. The number of methoxy groups -OCH3 is 9. The smallest absolute Gasteiger partial charge is 0.497 e. The van der Waals surface area contributed by atoms with E-state index in [9.17, 15) is 0 Å². The highest BCUT2D eigenvalue weighted by atomic mass is 16.8. The van der Waals surface area contributed by atoms with Crippen molar-refractivity contribution in [2.24, 2.45) is 0 Å². The van der Waals surface area contributed by atoms with Gasteiger partial charge in [-0.3, -0.25) is 0 Å². The molecule has 0 aliphatic carbocycles. The van der Waals surface area contributed by atoms with Crippen LogP contribution in [-0.2, 0) is 30.8 Å². The first kappa shape index (κ1) is 75.3. The molecule has 9 aromatic rings. The van der Waals surface area contributed by atoms with Crippen molar-refractivity contribution in [2.45, 2.75) is 152 Å². The van der Waals surface area contributed by atoms with Gasteiger partial charge in [0.15, 0.2) is 0 Å². The van der Waals surface area contributed by atoms with Gasteiger partial charge in [-0.25, -0.2) is 0 Å². The van der Waals surface area contributed by atoms with Crippen LogP contribution in [0.25, 0.3) is 0 Å². The fourth-order valence-corrected chi connectivity index (χ4v) is 14.6. The molecule has 528 valence electrons. The summed E-state index contributed by atoms with van der Waals surface area (Å²) in [7, 11) is 13.7. The fraction of sp³-hybridized carbons (Fsp3) is 0.379. The second-order valence-electron chi connectivity index (χ2n) is 25.7. The topological polar surface area (TPSA) is 111 Å². The number of hydrogen-bond acceptors (Lipinski definition) is 12. The van der Waals surface area contributed by atoms with Crippen LogP contribution in [0.5, 0.6) is 51.7 Å². The van der Waals surface area contributed by atoms with Crippen LogP contribution in [0.3, 0.4) is 0 Å². The predicted octanol–water partition coefficient (Wildman–Crippen LogP) is 21.2. The van der Waals surface area contributed by atoms with E-state index in [2.05, 4.69) is 166 Å². The maximum atomic E-state index is 9.00. The molecule has 0 amide bonds. The van der Waals surface area contributed by atoms with Crippen molar-refractivity contribution >= 4 is 7.32 Å². The van der Waals surface area contributed by atoms with E-state index in [1.54, 1.807) is 64.0 Å². The van der Waals surface area contributed by atoms with Crippen molar-refractivity contribution in [1.29, 1.82) is 0 Å². The molecule has 0 radical (unpaired) electrons. The van der Waals surface area contributed by atoms with E-state index < -0.39 is 41.9 Å². The summed E-state index contributed by atoms with van der Waals surface area (Å²) in [6, 6.07) is 75.5. The van der Waals surface area contributed by atoms with E-state index >= 15 is 0 Å². The minimum atomic E-state index is -1.65. The van der Waals surface area contributed by atoms with E-state index in [4.69, 9.17) is 56.6 Å². The van der Waals surface area contributed by atoms with Gasteiger partial charge in [0.2, 0.25) is 0 Å². The van der Waals surface area contributed by atoms with Gasteiger partial charge in [0.1, 0.15) is 68.5 Å². The second kappa shape index (κ2) is 37.5. The quantitative estimate of drug-likeness (QED) is 0.0268. The largest absolute Gasteiger partial charge is 0.642 e. The molecule has 0 saturated heterocycles. The van der Waals surface area contributed by atoms with Gasteiger partial charge >= 0.3 is 7.32 Å². The van der Waals surface area contributed by atoms with Crippen LogP contribution in [0.2, 0.25) is 0 Å². The summed E-state index contributed by atoms with van der Waals surface area (Å²) >= 11 is 0. The highest BCUT2D eigenvalue weighted by Gasteiger charge is 2.57. The summed E-state index contributed by atoms with van der Waals surface area (Å²) < 4.78 is 81.1. The summed E-state index contributed by atoms with van der Waals surface area (Å²) in [6.45, 7) is 6.76. The number of ether oxygens (including phenoxy) is 9. The standard InChI is InChI=1S/C87H105BO12/c1-13-16-19-22-25-82(64-28-46-73(89-4)47-29-64)85(67-34-52-76(92-7)53-35-67,68-36-54-77(93-8)55-37-68)98-88(99-86(69-38-56-78(94-9)57-39-69,70-40-58-79(95-10)59-41-70)83(26-23-20-17-14-2)65-30-48-74(90-5)49-31-65)100-87(71-42-60-80(96-11)61-43-71,72-44-62-81(97-12)63-45-72)84(27-24-21-18-15-3)66-32-50-75(91-6)51-33-66/h28-63,82-84H,13-27H2,1-12H3. The molecule has 0 aliphatic rings. The lowest BCUT2D eigenvalue weighted by atomic mass is 9.68. The van der Waals surface area contributed by atoms with Gasteiger partial charge < -0.3 is 56.6 Å². The summed E-state index contributed by atoms with van der Waals surface area (Å²) in [5.41, 5.74) is 3.61. The second-order valence-corrected chi connectivity index (χ2v) is 25.7. The molecule has 3 unspecified atom stereocenters. The summed E-state index contributed by atoms with van der Waals surface area (Å²) in [5.74, 6) is 4.99. The Balaban J connectivity index is 1.54. The molecular formula is C87H105BO12. The molecule has 0 fully saturated rings. The third-order valence-corrected chi connectivity index (χ3v) is 20.0. The van der Waals surface area contributed by atoms with Crippen LogP contribution in [0.1, 0.15) is 185 Å². The monoisotopic (exact) mass is 1350 g/mol. The predicted molar refractivity (Wildman–Crippen MR) is 403 cm³/mol. The van der Waals surface area contributed by atoms with Gasteiger partial charge in [-0.2, -0.15) is 0 Å². The lowest BCUT2D eigenvalue weighted by Gasteiger charge is -2.50. The average molecular weight is 1350 g/mol. The minimum absolute atomic E-state index is 0.447. The Labute approximate surface area is 596 Å². The lowest BCUT2D eigenvalue weighted by Crippen LogP contribution is -2.54. The van der Waals surface area contributed by atoms with E-state index in [1.807, 2.05) is 72.8 Å². The molecule has 3 atom stereocenters. The molecule has 0 heterocycles. The van der Waals surface area contributed by atoms with E-state index in [1.165, 1.54) is 0 Å². The molecular weight excluding hydrogens is 1250 g/mol. The van der Waals surface area contributed by atoms with Gasteiger partial charge in [0.25, 0.3) is 0 Å². The minimum Gasteiger partial charge on any atom is -0.497 e. The molecule has 0 spiro atoms. The first-order chi connectivity index (χ1) is 49.0. The van der Waals surface area contributed by atoms with Gasteiger partial charge in [-0.15, -0.1) is 0 Å². The Morgan fingerprint density at radius 2 is 0.380 bits per heavy atom. The summed E-state index contributed by atoms with van der Waals surface area (Å²) in [4.78, 5) is 0. The molecule has 100 heavy (non-hydrogen) atoms. The normalized spacial score (nSPS) is 12.6. The lowest BCUT2D eigenvalue weighted by molar-refractivity contribution is -0.0892. The van der Waals surface area contributed by atoms with Crippen LogP contribution in [-0.4, -0.2) is 71.3 Å². The highest BCUT2D eigenvalue weighted by molar-refractivity contribution is 6.37. The third-order valence-electron chi connectivity index (χ3n) is 20.0. The van der Waals surface area contributed by atoms with E-state index in [0.29, 0.717) is 53.8 Å². The Morgan fingerprint density at radius 1 is 0.220 bits per heavy atom. The Morgan fingerprint density at radius 3 is 0.530 bits per heavy atom. The Kier molecular flexibility index (Phi) is 28.3. The van der Waals surface area contributed by atoms with Crippen molar-refractivity contribution in [3.05, 3.63) is 268 Å². The van der Waals surface area contributed by atoms with Gasteiger partial charge in [0, 0.05) is 17.8 Å². The van der Waals surface area contributed by atoms with Gasteiger partial charge in [-0.05, 0) is 179 Å². The molecule has 0 bridgehead atoms. The van der Waals surface area contributed by atoms with Crippen molar-refractivity contribution in [2.75, 3.05) is 64.0 Å². The number of rotatable bonds is 42. The zero-order valence-electron chi connectivity index (χ0n) is 61.1. The molecule has 13 heteroatoms. The van der Waals surface area contributed by atoms with Crippen molar-refractivity contribution < 1.29 is 56.6 Å². The van der Waals surface area contributed by atoms with Crippen molar-refractivity contribution in [3.63, 3.8) is 0 Å². The SMILES string of the molecule is CCCCCCC(c1ccc(OC)cc1)C(OB(OC(c1ccc(OC)cc1)(c1ccc(OC)cc1)C(CCCCCC)c1ccc(OC)cc1)OC(c1ccc(OC)cc1)(c1ccc(OC)cc1)C(CCCCCC)c1ccc(OC)cc1)(c1ccc(OC)cc1)c1ccc(OC)cc1. The van der Waals surface area contributed by atoms with Crippen molar-refractivity contribution in [1.82, 2.24) is 0 Å². The number of benzene rings is 9. The summed E-state index contributed by atoms with van der Waals surface area (Å²) in [5, 5.41) is 0. The van der Waals surface area contributed by atoms with Gasteiger partial charge in [-0.1, -0.05) is 207 Å². The van der Waals surface area contributed by atoms with Crippen LogP contribution in [0, 0.1) is 0 Å². The van der Waals surface area contributed by atoms with Crippen LogP contribution in [0.15, 0.2) is 218 Å². The molecule has 0 aliphatic heterocycles. The van der Waals surface area contributed by atoms with Gasteiger partial charge in [0.05, 0.1) is 64.0 Å². The highest BCUT2D eigenvalue weighted by Crippen LogP contribution is 2.57. The molecule has 0 N–H and O–H groups in total. The summed E-state index contributed by atoms with van der Waals surface area (Å²) in [6.07, 6.45) is 13.9. The molecule has 9 aromatic carbocycles. The number of hydrogen-bond donors (Lipinski definition) is 0. The zero-order chi connectivity index (χ0) is 70.7. The first-order valence-corrected chi connectivity index (χ1v) is 35.8. The van der Waals surface area contributed by atoms with E-state index in [-0.39, 0.29) is 0 Å². The average Bonchev–Trinajstić information content (AvgIpc) is 0.728. The van der Waals surface area contributed by atoms with E-state index in [0.717, 1.165) is 144 Å². The molecule has 9 rings (SSSR count). The Hall–Kier alpha value is -8.88. The zero-order valence-corrected chi connectivity index (χ0v) is 61.1. The fourth-order valence-electron chi connectivity index (χ4n) is 14.6. The van der Waals surface area contributed by atoms with Crippen LogP contribution >= 0.6 is 0 Å². The maximum Gasteiger partial charge on any atom is 0.642 e. The van der Waals surface area contributed by atoms with Crippen LogP contribution < -0.4 is 42.6 Å². The molecule has 0 aromatic heterocycles. The molecule has 12 nitrogen and oxygen atoms in total. The number of unbranched alkanes of at least 4 members (excludes halogenated alkanes) is 9. The van der Waals surface area contributed by atoms with Crippen molar-refractivity contribution in [3.8, 4) is 51.7 Å². The Bertz CT molecular complexity index is 3250.